The molecule has 1 aliphatic heterocycles. The van der Waals surface area contributed by atoms with Gasteiger partial charge >= 0.3 is 5.97 Å². The minimum absolute atomic E-state index is 0.200. The average molecular weight is 342 g/mol. The van der Waals surface area contributed by atoms with Gasteiger partial charge in [0.2, 0.25) is 0 Å². The highest BCUT2D eigenvalue weighted by atomic mass is 79.9. The highest BCUT2D eigenvalue weighted by Crippen LogP contribution is 2.24. The summed E-state index contributed by atoms with van der Waals surface area (Å²) < 4.78 is 6.12. The first-order valence-corrected chi connectivity index (χ1v) is 7.73. The molecule has 0 bridgehead atoms. The van der Waals surface area contributed by atoms with Gasteiger partial charge in [0.15, 0.2) is 0 Å². The Balaban J connectivity index is 2.25. The van der Waals surface area contributed by atoms with E-state index in [1.165, 1.54) is 0 Å². The van der Waals surface area contributed by atoms with Crippen molar-refractivity contribution in [2.45, 2.75) is 19.4 Å². The number of nitrogens with one attached hydrogen (secondary N) is 1. The summed E-state index contributed by atoms with van der Waals surface area (Å²) in [5.41, 5.74) is 0.875. The number of aromatic nitrogens is 1. The van der Waals surface area contributed by atoms with Crippen LogP contribution in [0.5, 0.6) is 0 Å². The summed E-state index contributed by atoms with van der Waals surface area (Å²) in [6.07, 6.45) is 4.48. The van der Waals surface area contributed by atoms with Crippen LogP contribution in [0.1, 0.15) is 24.9 Å². The van der Waals surface area contributed by atoms with Crippen LogP contribution in [-0.4, -0.2) is 48.6 Å². The lowest BCUT2D eigenvalue weighted by molar-refractivity contribution is -0.149. The first-order chi connectivity index (χ1) is 9.72. The van der Waals surface area contributed by atoms with Gasteiger partial charge in [0, 0.05) is 36.5 Å². The molecule has 1 aliphatic rings. The van der Waals surface area contributed by atoms with Gasteiger partial charge in [-0.3, -0.25) is 9.88 Å². The van der Waals surface area contributed by atoms with Crippen LogP contribution in [0.2, 0.25) is 0 Å². The molecule has 6 heteroatoms. The van der Waals surface area contributed by atoms with Crippen LogP contribution in [0.25, 0.3) is 0 Å². The highest BCUT2D eigenvalue weighted by Gasteiger charge is 2.29. The van der Waals surface area contributed by atoms with E-state index in [4.69, 9.17) is 4.74 Å². The Morgan fingerprint density at radius 1 is 1.50 bits per heavy atom. The summed E-state index contributed by atoms with van der Waals surface area (Å²) in [7, 11) is 0. The normalized spacial score (nSPS) is 18.3. The largest absolute Gasteiger partial charge is 0.465 e. The number of pyridine rings is 1. The Bertz CT molecular complexity index is 448. The van der Waals surface area contributed by atoms with E-state index in [0.717, 1.165) is 42.6 Å². The maximum atomic E-state index is 12.3. The fraction of sp³-hybridized carbons (Fsp3) is 0.571. The fourth-order valence-electron chi connectivity index (χ4n) is 2.42. The number of ether oxygens (including phenoxy) is 1. The van der Waals surface area contributed by atoms with Crippen molar-refractivity contribution in [3.8, 4) is 0 Å². The molecule has 1 aromatic rings. The van der Waals surface area contributed by atoms with E-state index in [1.54, 1.807) is 12.4 Å². The van der Waals surface area contributed by atoms with Crippen molar-refractivity contribution in [2.24, 2.45) is 0 Å². The van der Waals surface area contributed by atoms with Gasteiger partial charge in [-0.25, -0.2) is 4.79 Å². The minimum Gasteiger partial charge on any atom is -0.465 e. The van der Waals surface area contributed by atoms with Crippen molar-refractivity contribution in [2.75, 3.05) is 32.8 Å². The van der Waals surface area contributed by atoms with Crippen LogP contribution >= 0.6 is 15.9 Å². The Kier molecular flexibility index (Phi) is 5.94. The number of hydrogen-bond donors (Lipinski definition) is 1. The highest BCUT2D eigenvalue weighted by molar-refractivity contribution is 9.10. The molecule has 2 rings (SSSR count). The molecule has 1 atom stereocenters. The summed E-state index contributed by atoms with van der Waals surface area (Å²) in [5.74, 6) is -0.200. The van der Waals surface area contributed by atoms with Crippen LogP contribution in [0.15, 0.2) is 22.9 Å². The van der Waals surface area contributed by atoms with E-state index in [1.807, 2.05) is 13.0 Å². The number of rotatable bonds is 4. The standard InChI is InChI=1S/C14H20BrN3O2/c1-2-20-14(19)13(11-8-12(15)10-17-9-11)18-6-3-4-16-5-7-18/h8-10,13,16H,2-7H2,1H3. The number of carbonyl (C=O) groups excluding carboxylic acids is 1. The molecular weight excluding hydrogens is 322 g/mol. The van der Waals surface area contributed by atoms with E-state index in [0.29, 0.717) is 6.61 Å². The molecule has 5 nitrogen and oxygen atoms in total. The van der Waals surface area contributed by atoms with Gasteiger partial charge in [0.05, 0.1) is 6.61 Å². The van der Waals surface area contributed by atoms with Crippen LogP contribution in [0, 0.1) is 0 Å². The molecule has 2 heterocycles. The lowest BCUT2D eigenvalue weighted by Gasteiger charge is -2.28. The van der Waals surface area contributed by atoms with Gasteiger partial charge < -0.3 is 10.1 Å². The Morgan fingerprint density at radius 3 is 3.10 bits per heavy atom. The zero-order valence-electron chi connectivity index (χ0n) is 11.6. The van der Waals surface area contributed by atoms with Gasteiger partial charge in [-0.1, -0.05) is 0 Å². The summed E-state index contributed by atoms with van der Waals surface area (Å²) in [5, 5.41) is 3.35. The Hall–Kier alpha value is -0.980. The number of hydrogen-bond acceptors (Lipinski definition) is 5. The van der Waals surface area contributed by atoms with Crippen LogP contribution in [-0.2, 0) is 9.53 Å². The first-order valence-electron chi connectivity index (χ1n) is 6.94. The van der Waals surface area contributed by atoms with Crippen molar-refractivity contribution < 1.29 is 9.53 Å². The smallest absolute Gasteiger partial charge is 0.328 e. The molecule has 110 valence electrons. The summed E-state index contributed by atoms with van der Waals surface area (Å²) in [4.78, 5) is 18.7. The van der Waals surface area contributed by atoms with E-state index >= 15 is 0 Å². The van der Waals surface area contributed by atoms with Crippen LogP contribution < -0.4 is 5.32 Å². The molecule has 0 radical (unpaired) electrons. The quantitative estimate of drug-likeness (QED) is 0.845. The zero-order valence-corrected chi connectivity index (χ0v) is 13.2. The fourth-order valence-corrected chi connectivity index (χ4v) is 2.80. The maximum Gasteiger partial charge on any atom is 0.328 e. The zero-order chi connectivity index (χ0) is 14.4. The molecule has 0 aliphatic carbocycles. The molecule has 0 aromatic carbocycles. The third kappa shape index (κ3) is 4.01. The van der Waals surface area contributed by atoms with E-state index in [9.17, 15) is 4.79 Å². The van der Waals surface area contributed by atoms with E-state index in [2.05, 4.69) is 31.1 Å². The van der Waals surface area contributed by atoms with Crippen molar-refractivity contribution in [1.29, 1.82) is 0 Å². The molecule has 0 saturated carbocycles. The Morgan fingerprint density at radius 2 is 2.35 bits per heavy atom. The molecule has 1 aromatic heterocycles. The monoisotopic (exact) mass is 341 g/mol. The van der Waals surface area contributed by atoms with Gasteiger partial charge in [0.1, 0.15) is 6.04 Å². The predicted molar refractivity (Wildman–Crippen MR) is 80.4 cm³/mol. The van der Waals surface area contributed by atoms with Crippen molar-refractivity contribution >= 4 is 21.9 Å². The molecule has 1 N–H and O–H groups in total. The molecule has 1 fully saturated rings. The topological polar surface area (TPSA) is 54.5 Å². The summed E-state index contributed by atoms with van der Waals surface area (Å²) in [6, 6.07) is 1.56. The lowest BCUT2D eigenvalue weighted by atomic mass is 10.1. The third-order valence-electron chi connectivity index (χ3n) is 3.29. The van der Waals surface area contributed by atoms with E-state index in [-0.39, 0.29) is 12.0 Å². The molecule has 0 amide bonds. The number of esters is 1. The van der Waals surface area contributed by atoms with Crippen LogP contribution in [0.3, 0.4) is 0 Å². The molecule has 1 saturated heterocycles. The number of nitrogens with zero attached hydrogens (tertiary/aromatic N) is 2. The minimum atomic E-state index is -0.375. The van der Waals surface area contributed by atoms with Gasteiger partial charge in [0.25, 0.3) is 0 Å². The van der Waals surface area contributed by atoms with Crippen molar-refractivity contribution in [3.63, 3.8) is 0 Å². The van der Waals surface area contributed by atoms with Crippen LogP contribution in [0.4, 0.5) is 0 Å². The summed E-state index contributed by atoms with van der Waals surface area (Å²) in [6.45, 7) is 5.81. The number of carbonyl (C=O) groups is 1. The number of halogens is 1. The SMILES string of the molecule is CCOC(=O)C(c1cncc(Br)c1)N1CCCNCC1. The van der Waals surface area contributed by atoms with E-state index < -0.39 is 0 Å². The molecular formula is C14H20BrN3O2. The molecule has 1 unspecified atom stereocenters. The second kappa shape index (κ2) is 7.71. The van der Waals surface area contributed by atoms with Crippen molar-refractivity contribution in [1.82, 2.24) is 15.2 Å². The lowest BCUT2D eigenvalue weighted by Crippen LogP contribution is -2.37. The van der Waals surface area contributed by atoms with Crippen molar-refractivity contribution in [3.05, 3.63) is 28.5 Å². The predicted octanol–water partition coefficient (Wildman–Crippen LogP) is 1.74. The second-order valence-electron chi connectivity index (χ2n) is 4.73. The second-order valence-corrected chi connectivity index (χ2v) is 5.65. The average Bonchev–Trinajstić information content (AvgIpc) is 2.68. The summed E-state index contributed by atoms with van der Waals surface area (Å²) >= 11 is 3.41. The Labute approximate surface area is 127 Å². The first kappa shape index (κ1) is 15.4. The molecule has 0 spiro atoms. The molecule has 20 heavy (non-hydrogen) atoms. The third-order valence-corrected chi connectivity index (χ3v) is 3.73. The van der Waals surface area contributed by atoms with Gasteiger partial charge in [-0.15, -0.1) is 0 Å². The maximum absolute atomic E-state index is 12.3. The van der Waals surface area contributed by atoms with Gasteiger partial charge in [-0.05, 0) is 47.4 Å². The van der Waals surface area contributed by atoms with Gasteiger partial charge in [-0.2, -0.15) is 0 Å².